The number of anilines is 1. The number of para-hydroxylation sites is 1. The Balaban J connectivity index is 1.36. The summed E-state index contributed by atoms with van der Waals surface area (Å²) in [6.07, 6.45) is 1.75. The van der Waals surface area contributed by atoms with E-state index in [9.17, 15) is 9.59 Å². The molecule has 1 aliphatic heterocycles. The number of hydrogen-bond donors (Lipinski definition) is 2. The zero-order valence-corrected chi connectivity index (χ0v) is 15.5. The largest absolute Gasteiger partial charge is 0.360 e. The fourth-order valence-corrected chi connectivity index (χ4v) is 3.42. The normalized spacial score (nSPS) is 14.4. The third-order valence-corrected chi connectivity index (χ3v) is 5.20. The van der Waals surface area contributed by atoms with E-state index >= 15 is 0 Å². The van der Waals surface area contributed by atoms with E-state index in [0.717, 1.165) is 16.6 Å². The number of nitrogens with zero attached hydrogens (tertiary/aromatic N) is 1. The molecule has 2 amide bonds. The summed E-state index contributed by atoms with van der Waals surface area (Å²) >= 11 is 0. The second kappa shape index (κ2) is 6.91. The predicted octanol–water partition coefficient (Wildman–Crippen LogP) is 4.00. The Bertz CT molecular complexity index is 982. The van der Waals surface area contributed by atoms with E-state index in [0.29, 0.717) is 24.6 Å². The minimum absolute atomic E-state index is 0.0298. The Hall–Kier alpha value is -3.08. The Morgan fingerprint density at radius 1 is 1.07 bits per heavy atom. The molecule has 0 bridgehead atoms. The number of aromatic amines is 1. The van der Waals surface area contributed by atoms with Gasteiger partial charge in [-0.2, -0.15) is 0 Å². The Morgan fingerprint density at radius 3 is 2.48 bits per heavy atom. The van der Waals surface area contributed by atoms with Crippen LogP contribution in [0.15, 0.2) is 54.7 Å². The first-order chi connectivity index (χ1) is 13.0. The second-order valence-electron chi connectivity index (χ2n) is 7.42. The van der Waals surface area contributed by atoms with Gasteiger partial charge in [0.1, 0.15) is 0 Å². The molecule has 2 aromatic carbocycles. The summed E-state index contributed by atoms with van der Waals surface area (Å²) < 4.78 is 0. The number of carbonyl (C=O) groups is 2. The van der Waals surface area contributed by atoms with Crippen LogP contribution in [-0.2, 0) is 4.79 Å². The molecule has 1 fully saturated rings. The molecule has 1 aliphatic rings. The minimum atomic E-state index is -0.163. The lowest BCUT2D eigenvalue weighted by Crippen LogP contribution is -2.54. The van der Waals surface area contributed by atoms with Gasteiger partial charge in [-0.15, -0.1) is 0 Å². The molecule has 4 rings (SSSR count). The lowest BCUT2D eigenvalue weighted by atomic mass is 9.97. The van der Waals surface area contributed by atoms with E-state index in [1.807, 2.05) is 48.5 Å². The van der Waals surface area contributed by atoms with Crippen molar-refractivity contribution in [2.24, 2.45) is 5.92 Å². The van der Waals surface area contributed by atoms with E-state index in [2.05, 4.69) is 24.1 Å². The standard InChI is InChI=1S/C22H23N3O2/c1-14(2)15-7-9-17(10-8-15)24-21(26)16-12-25(13-16)22(27)19-11-23-20-6-4-3-5-18(19)20/h3-11,14,16,23H,12-13H2,1-2H3,(H,24,26). The Morgan fingerprint density at radius 2 is 1.78 bits per heavy atom. The number of nitrogens with one attached hydrogen (secondary N) is 2. The monoisotopic (exact) mass is 361 g/mol. The molecule has 5 nitrogen and oxygen atoms in total. The molecule has 0 unspecified atom stereocenters. The van der Waals surface area contributed by atoms with Crippen LogP contribution in [0.4, 0.5) is 5.69 Å². The number of carbonyl (C=O) groups excluding carboxylic acids is 2. The SMILES string of the molecule is CC(C)c1ccc(NC(=O)C2CN(C(=O)c3c[nH]c4ccccc34)C2)cc1. The average Bonchev–Trinajstić information content (AvgIpc) is 3.05. The number of benzene rings is 2. The maximum absolute atomic E-state index is 12.7. The number of amides is 2. The first-order valence-electron chi connectivity index (χ1n) is 9.29. The van der Waals surface area contributed by atoms with Crippen LogP contribution in [0.5, 0.6) is 0 Å². The number of H-pyrrole nitrogens is 1. The number of fused-ring (bicyclic) bond motifs is 1. The van der Waals surface area contributed by atoms with Crippen LogP contribution < -0.4 is 5.32 Å². The lowest BCUT2D eigenvalue weighted by molar-refractivity contribution is -0.123. The van der Waals surface area contributed by atoms with Crippen LogP contribution in [-0.4, -0.2) is 34.8 Å². The van der Waals surface area contributed by atoms with E-state index < -0.39 is 0 Å². The molecule has 0 atom stereocenters. The molecule has 2 N–H and O–H groups in total. The van der Waals surface area contributed by atoms with Gasteiger partial charge in [0, 0.05) is 35.9 Å². The van der Waals surface area contributed by atoms with Gasteiger partial charge in [0.05, 0.1) is 11.5 Å². The van der Waals surface area contributed by atoms with Gasteiger partial charge in [-0.25, -0.2) is 0 Å². The molecule has 138 valence electrons. The fraction of sp³-hybridized carbons (Fsp3) is 0.273. The van der Waals surface area contributed by atoms with Crippen molar-refractivity contribution in [2.75, 3.05) is 18.4 Å². The van der Waals surface area contributed by atoms with Gasteiger partial charge in [0.25, 0.3) is 5.91 Å². The molecule has 0 spiro atoms. The summed E-state index contributed by atoms with van der Waals surface area (Å²) in [6, 6.07) is 15.7. The highest BCUT2D eigenvalue weighted by Gasteiger charge is 2.36. The molecular formula is C22H23N3O2. The molecule has 1 saturated heterocycles. The summed E-state index contributed by atoms with van der Waals surface area (Å²) in [5.74, 6) is 0.238. The average molecular weight is 361 g/mol. The second-order valence-corrected chi connectivity index (χ2v) is 7.42. The van der Waals surface area contributed by atoms with Crippen LogP contribution in [0.2, 0.25) is 0 Å². The zero-order valence-electron chi connectivity index (χ0n) is 15.5. The van der Waals surface area contributed by atoms with Crippen LogP contribution in [0.3, 0.4) is 0 Å². The molecule has 1 aromatic heterocycles. The van der Waals surface area contributed by atoms with E-state index in [-0.39, 0.29) is 17.7 Å². The van der Waals surface area contributed by atoms with Gasteiger partial charge in [-0.05, 0) is 29.7 Å². The third kappa shape index (κ3) is 3.33. The van der Waals surface area contributed by atoms with Crippen LogP contribution in [0.1, 0.15) is 35.7 Å². The predicted molar refractivity (Wildman–Crippen MR) is 107 cm³/mol. The maximum atomic E-state index is 12.7. The minimum Gasteiger partial charge on any atom is -0.360 e. The first-order valence-corrected chi connectivity index (χ1v) is 9.29. The Labute approximate surface area is 158 Å². The van der Waals surface area contributed by atoms with Crippen molar-refractivity contribution in [1.29, 1.82) is 0 Å². The van der Waals surface area contributed by atoms with E-state index in [1.54, 1.807) is 11.1 Å². The van der Waals surface area contributed by atoms with Crippen molar-refractivity contribution in [2.45, 2.75) is 19.8 Å². The lowest BCUT2D eigenvalue weighted by Gasteiger charge is -2.38. The number of hydrogen-bond acceptors (Lipinski definition) is 2. The fourth-order valence-electron chi connectivity index (χ4n) is 3.42. The molecule has 5 heteroatoms. The van der Waals surface area contributed by atoms with Gasteiger partial charge in [-0.3, -0.25) is 9.59 Å². The van der Waals surface area contributed by atoms with Crippen LogP contribution >= 0.6 is 0 Å². The molecule has 0 saturated carbocycles. The van der Waals surface area contributed by atoms with Gasteiger partial charge < -0.3 is 15.2 Å². The summed E-state index contributed by atoms with van der Waals surface area (Å²) in [5, 5.41) is 3.87. The molecule has 0 aliphatic carbocycles. The van der Waals surface area contributed by atoms with Crippen molar-refractivity contribution in [3.05, 3.63) is 65.9 Å². The highest BCUT2D eigenvalue weighted by Crippen LogP contribution is 2.25. The van der Waals surface area contributed by atoms with Crippen molar-refractivity contribution < 1.29 is 9.59 Å². The molecule has 3 aromatic rings. The van der Waals surface area contributed by atoms with Crippen LogP contribution in [0, 0.1) is 5.92 Å². The van der Waals surface area contributed by atoms with Crippen LogP contribution in [0.25, 0.3) is 10.9 Å². The topological polar surface area (TPSA) is 65.2 Å². The molecule has 27 heavy (non-hydrogen) atoms. The smallest absolute Gasteiger partial charge is 0.256 e. The highest BCUT2D eigenvalue weighted by molar-refractivity contribution is 6.07. The molecule has 2 heterocycles. The maximum Gasteiger partial charge on any atom is 0.256 e. The summed E-state index contributed by atoms with van der Waals surface area (Å²) in [6.45, 7) is 5.19. The number of aromatic nitrogens is 1. The van der Waals surface area contributed by atoms with Gasteiger partial charge in [0.15, 0.2) is 0 Å². The van der Waals surface area contributed by atoms with E-state index in [4.69, 9.17) is 0 Å². The van der Waals surface area contributed by atoms with Crippen molar-refractivity contribution >= 4 is 28.4 Å². The van der Waals surface area contributed by atoms with Crippen molar-refractivity contribution in [3.63, 3.8) is 0 Å². The first kappa shape index (κ1) is 17.3. The summed E-state index contributed by atoms with van der Waals surface area (Å²) in [5.41, 5.74) is 3.65. The summed E-state index contributed by atoms with van der Waals surface area (Å²) in [4.78, 5) is 30.0. The van der Waals surface area contributed by atoms with Gasteiger partial charge in [-0.1, -0.05) is 44.2 Å². The molecule has 0 radical (unpaired) electrons. The van der Waals surface area contributed by atoms with Gasteiger partial charge >= 0.3 is 0 Å². The quantitative estimate of drug-likeness (QED) is 0.738. The summed E-state index contributed by atoms with van der Waals surface area (Å²) in [7, 11) is 0. The third-order valence-electron chi connectivity index (χ3n) is 5.20. The van der Waals surface area contributed by atoms with Gasteiger partial charge in [0.2, 0.25) is 5.91 Å². The highest BCUT2D eigenvalue weighted by atomic mass is 16.2. The number of likely N-dealkylation sites (tertiary alicyclic amines) is 1. The van der Waals surface area contributed by atoms with Crippen molar-refractivity contribution in [1.82, 2.24) is 9.88 Å². The van der Waals surface area contributed by atoms with E-state index in [1.165, 1.54) is 5.56 Å². The van der Waals surface area contributed by atoms with Crippen molar-refractivity contribution in [3.8, 4) is 0 Å². The Kier molecular flexibility index (Phi) is 4.44. The molecular weight excluding hydrogens is 338 g/mol. The zero-order chi connectivity index (χ0) is 19.0. The number of rotatable bonds is 4.